The van der Waals surface area contributed by atoms with Gasteiger partial charge in [0.1, 0.15) is 17.1 Å². The predicted octanol–water partition coefficient (Wildman–Crippen LogP) is 6.64. The lowest BCUT2D eigenvalue weighted by molar-refractivity contribution is 0.0213. The first kappa shape index (κ1) is 23.9. The molecule has 0 fully saturated rings. The molecule has 0 aliphatic carbocycles. The number of benzene rings is 3. The number of carbonyl (C=O) groups is 1. The number of rotatable bonds is 0. The van der Waals surface area contributed by atoms with Crippen molar-refractivity contribution in [3.8, 4) is 23.0 Å². The molecular formula is C20H4F4I4O5. The van der Waals surface area contributed by atoms with Crippen LogP contribution < -0.4 is 4.74 Å². The second-order valence-corrected chi connectivity index (χ2v) is 11.5. The van der Waals surface area contributed by atoms with Crippen molar-refractivity contribution in [3.63, 3.8) is 0 Å². The molecule has 2 N–H and O–H groups in total. The second kappa shape index (κ2) is 7.84. The smallest absolute Gasteiger partial charge is 0.343 e. The fraction of sp³-hybridized carbons (Fsp3) is 0.0500. The maximum atomic E-state index is 15.3. The highest BCUT2D eigenvalue weighted by molar-refractivity contribution is 14.1. The van der Waals surface area contributed by atoms with Crippen LogP contribution in [-0.2, 0) is 10.3 Å². The molecular weight excluding hydrogens is 904 g/mol. The van der Waals surface area contributed by atoms with Crippen LogP contribution in [0.4, 0.5) is 17.6 Å². The highest BCUT2D eigenvalue weighted by Gasteiger charge is 2.59. The lowest BCUT2D eigenvalue weighted by Crippen LogP contribution is -2.35. The van der Waals surface area contributed by atoms with Gasteiger partial charge in [0.15, 0.2) is 40.4 Å². The summed E-state index contributed by atoms with van der Waals surface area (Å²) in [6, 6.07) is 2.65. The van der Waals surface area contributed by atoms with E-state index in [-0.39, 0.29) is 48.4 Å². The van der Waals surface area contributed by atoms with E-state index in [1.165, 1.54) is 12.1 Å². The normalized spacial score (nSPS) is 15.1. The number of hydrogen-bond acceptors (Lipinski definition) is 5. The average molecular weight is 908 g/mol. The Balaban J connectivity index is 2.05. The van der Waals surface area contributed by atoms with Crippen LogP contribution >= 0.6 is 90.4 Å². The number of phenolic OH excluding ortho intramolecular Hbond substituents is 2. The first-order valence-corrected chi connectivity index (χ1v) is 12.9. The molecule has 5 rings (SSSR count). The van der Waals surface area contributed by atoms with E-state index in [0.717, 1.165) is 0 Å². The largest absolute Gasteiger partial charge is 0.506 e. The first-order chi connectivity index (χ1) is 15.4. The third kappa shape index (κ3) is 2.99. The molecule has 0 bridgehead atoms. The number of hydrogen-bond donors (Lipinski definition) is 2. The summed E-state index contributed by atoms with van der Waals surface area (Å²) in [5, 5.41) is 20.9. The topological polar surface area (TPSA) is 76.0 Å². The second-order valence-electron chi connectivity index (χ2n) is 6.97. The molecule has 0 atom stereocenters. The molecule has 33 heavy (non-hydrogen) atoms. The summed E-state index contributed by atoms with van der Waals surface area (Å²) in [4.78, 5) is 12.8. The van der Waals surface area contributed by atoms with Gasteiger partial charge in [-0.2, -0.15) is 0 Å². The Kier molecular flexibility index (Phi) is 5.67. The molecule has 2 heterocycles. The molecule has 170 valence electrons. The van der Waals surface area contributed by atoms with E-state index in [2.05, 4.69) is 0 Å². The SMILES string of the molecule is O=C1OC2(c3cc(I)c(O)c(I)c3Oc3c2cc(I)c(O)c3I)c2c(F)c(F)c(F)c(F)c21. The maximum absolute atomic E-state index is 15.3. The molecule has 5 nitrogen and oxygen atoms in total. The van der Waals surface area contributed by atoms with Gasteiger partial charge in [-0.05, 0) is 102 Å². The van der Waals surface area contributed by atoms with Crippen LogP contribution in [0.5, 0.6) is 23.0 Å². The monoisotopic (exact) mass is 908 g/mol. The van der Waals surface area contributed by atoms with Crippen molar-refractivity contribution in [2.45, 2.75) is 5.60 Å². The number of esters is 1. The van der Waals surface area contributed by atoms with Crippen molar-refractivity contribution in [2.75, 3.05) is 0 Å². The minimum atomic E-state index is -2.28. The lowest BCUT2D eigenvalue weighted by atomic mass is 9.77. The molecule has 0 saturated carbocycles. The molecule has 2 aliphatic rings. The minimum Gasteiger partial charge on any atom is -0.506 e. The fourth-order valence-electron chi connectivity index (χ4n) is 3.93. The first-order valence-electron chi connectivity index (χ1n) is 8.63. The van der Waals surface area contributed by atoms with E-state index >= 15 is 4.39 Å². The average Bonchev–Trinajstić information content (AvgIpc) is 3.08. The number of carbonyl (C=O) groups excluding carboxylic acids is 1. The van der Waals surface area contributed by atoms with Gasteiger partial charge in [0.25, 0.3) is 0 Å². The van der Waals surface area contributed by atoms with Gasteiger partial charge < -0.3 is 19.7 Å². The Morgan fingerprint density at radius 1 is 0.758 bits per heavy atom. The lowest BCUT2D eigenvalue weighted by Gasteiger charge is -2.38. The highest BCUT2D eigenvalue weighted by atomic mass is 127. The quantitative estimate of drug-likeness (QED) is 0.0871. The van der Waals surface area contributed by atoms with Gasteiger partial charge in [0.05, 0.1) is 31.0 Å². The number of aromatic hydroxyl groups is 2. The zero-order chi connectivity index (χ0) is 24.1. The van der Waals surface area contributed by atoms with Gasteiger partial charge >= 0.3 is 5.97 Å². The molecule has 0 radical (unpaired) electrons. The van der Waals surface area contributed by atoms with Crippen molar-refractivity contribution in [1.29, 1.82) is 0 Å². The van der Waals surface area contributed by atoms with E-state index < -0.39 is 46.0 Å². The minimum absolute atomic E-state index is 0.0321. The van der Waals surface area contributed by atoms with E-state index in [9.17, 15) is 28.2 Å². The van der Waals surface area contributed by atoms with Crippen molar-refractivity contribution < 1.29 is 42.0 Å². The van der Waals surface area contributed by atoms with Crippen LogP contribution in [0.1, 0.15) is 27.0 Å². The number of phenols is 2. The van der Waals surface area contributed by atoms with E-state index in [0.29, 0.717) is 0 Å². The molecule has 0 saturated heterocycles. The fourth-order valence-corrected chi connectivity index (χ4v) is 7.50. The van der Waals surface area contributed by atoms with Crippen LogP contribution in [0, 0.1) is 37.5 Å². The molecule has 3 aromatic carbocycles. The third-order valence-electron chi connectivity index (χ3n) is 5.33. The Hall–Kier alpha value is -0.830. The van der Waals surface area contributed by atoms with Gasteiger partial charge in [-0.25, -0.2) is 22.4 Å². The summed E-state index contributed by atoms with van der Waals surface area (Å²) in [5.41, 5.74) is -4.29. The molecule has 0 amide bonds. The standard InChI is InChI=1S/C20H4F4I4O5/c21-9-7-8(10(22)12(24)11(9)23)20(33-19(7)31)3-1-5(25)15(29)13(27)17(3)32-18-4(20)2-6(26)16(30)14(18)28/h1-2,29-30H. The molecule has 0 aromatic heterocycles. The summed E-state index contributed by atoms with van der Waals surface area (Å²) >= 11 is 7.07. The Morgan fingerprint density at radius 3 is 1.70 bits per heavy atom. The predicted molar refractivity (Wildman–Crippen MR) is 139 cm³/mol. The Bertz CT molecular complexity index is 1400. The molecule has 1 spiro atoms. The van der Waals surface area contributed by atoms with Crippen molar-refractivity contribution >= 4 is 96.3 Å². The zero-order valence-electron chi connectivity index (χ0n) is 15.3. The highest BCUT2D eigenvalue weighted by Crippen LogP contribution is 2.61. The number of ether oxygens (including phenoxy) is 2. The molecule has 3 aromatic rings. The molecule has 13 heteroatoms. The van der Waals surface area contributed by atoms with Gasteiger partial charge in [-0.3, -0.25) is 0 Å². The summed E-state index contributed by atoms with van der Waals surface area (Å²) in [5.74, 6) is -9.89. The van der Waals surface area contributed by atoms with Gasteiger partial charge in [-0.15, -0.1) is 0 Å². The van der Waals surface area contributed by atoms with Gasteiger partial charge in [0.2, 0.25) is 0 Å². The summed E-state index contributed by atoms with van der Waals surface area (Å²) < 4.78 is 70.8. The van der Waals surface area contributed by atoms with Crippen molar-refractivity contribution in [2.24, 2.45) is 0 Å². The third-order valence-corrected chi connectivity index (χ3v) is 8.98. The van der Waals surface area contributed by atoms with Gasteiger partial charge in [-0.1, -0.05) is 0 Å². The maximum Gasteiger partial charge on any atom is 0.343 e. The van der Waals surface area contributed by atoms with E-state index in [1.54, 1.807) is 90.4 Å². The van der Waals surface area contributed by atoms with Crippen LogP contribution in [-0.4, -0.2) is 16.2 Å². The van der Waals surface area contributed by atoms with Crippen LogP contribution in [0.3, 0.4) is 0 Å². The van der Waals surface area contributed by atoms with E-state index in [4.69, 9.17) is 9.47 Å². The Morgan fingerprint density at radius 2 is 1.21 bits per heavy atom. The van der Waals surface area contributed by atoms with Crippen LogP contribution in [0.15, 0.2) is 12.1 Å². The summed E-state index contributed by atoms with van der Waals surface area (Å²) in [6.45, 7) is 0. The van der Waals surface area contributed by atoms with Crippen molar-refractivity contribution in [3.05, 3.63) is 71.9 Å². The van der Waals surface area contributed by atoms with Crippen molar-refractivity contribution in [1.82, 2.24) is 0 Å². The Labute approximate surface area is 236 Å². The molecule has 2 aliphatic heterocycles. The number of halogens is 8. The molecule has 0 unspecified atom stereocenters. The summed E-state index contributed by atoms with van der Waals surface area (Å²) in [6.07, 6.45) is 0. The van der Waals surface area contributed by atoms with Gasteiger partial charge in [0, 0.05) is 0 Å². The van der Waals surface area contributed by atoms with Crippen LogP contribution in [0.25, 0.3) is 0 Å². The zero-order valence-corrected chi connectivity index (χ0v) is 23.9. The number of fused-ring (bicyclic) bond motifs is 6. The van der Waals surface area contributed by atoms with E-state index in [1.807, 2.05) is 0 Å². The van der Waals surface area contributed by atoms with Crippen LogP contribution in [0.2, 0.25) is 0 Å². The summed E-state index contributed by atoms with van der Waals surface area (Å²) in [7, 11) is 0.